The van der Waals surface area contributed by atoms with Crippen LogP contribution in [-0.2, 0) is 0 Å². The molecule has 1 aliphatic heterocycles. The molecular formula is C27H23F2N5O2. The van der Waals surface area contributed by atoms with E-state index >= 15 is 0 Å². The Morgan fingerprint density at radius 3 is 2.53 bits per heavy atom. The van der Waals surface area contributed by atoms with Gasteiger partial charge in [0.25, 0.3) is 11.5 Å². The highest BCUT2D eigenvalue weighted by Gasteiger charge is 2.33. The molecule has 1 amide bonds. The quantitative estimate of drug-likeness (QED) is 0.451. The Kier molecular flexibility index (Phi) is 4.64. The predicted octanol–water partition coefficient (Wildman–Crippen LogP) is 4.46. The van der Waals surface area contributed by atoms with E-state index in [0.717, 1.165) is 37.1 Å². The zero-order valence-corrected chi connectivity index (χ0v) is 19.4. The molecule has 9 heteroatoms. The fourth-order valence-electron chi connectivity index (χ4n) is 4.91. The van der Waals surface area contributed by atoms with E-state index in [1.54, 1.807) is 12.1 Å². The van der Waals surface area contributed by atoms with Crippen LogP contribution < -0.4 is 5.56 Å². The molecule has 7 rings (SSSR count). The summed E-state index contributed by atoms with van der Waals surface area (Å²) in [4.78, 5) is 40.4. The van der Waals surface area contributed by atoms with E-state index in [-0.39, 0.29) is 30.1 Å². The number of pyridine rings is 1. The molecule has 7 nitrogen and oxygen atoms in total. The second-order valence-electron chi connectivity index (χ2n) is 10.1. The van der Waals surface area contributed by atoms with Gasteiger partial charge in [0.15, 0.2) is 0 Å². The van der Waals surface area contributed by atoms with Crippen molar-refractivity contribution >= 4 is 16.9 Å². The SMILES string of the molecule is O=C(c1cc(F)ccc1-c1cc(C2CC2)nc(-n2cnc3cc(C4CC4)[nH]c3c2=O)c1)N1CC(F)C1. The number of halogens is 2. The smallest absolute Gasteiger partial charge is 0.283 e. The van der Waals surface area contributed by atoms with Gasteiger partial charge in [0.05, 0.1) is 24.2 Å². The van der Waals surface area contributed by atoms with Gasteiger partial charge in [-0.15, -0.1) is 0 Å². The van der Waals surface area contributed by atoms with Gasteiger partial charge >= 0.3 is 0 Å². The first kappa shape index (κ1) is 21.4. The normalized spacial score (nSPS) is 18.0. The number of amides is 1. The molecule has 0 bridgehead atoms. The number of H-pyrrole nitrogens is 1. The van der Waals surface area contributed by atoms with Gasteiger partial charge in [0.2, 0.25) is 0 Å². The number of nitrogens with one attached hydrogen (secondary N) is 1. The van der Waals surface area contributed by atoms with Crippen LogP contribution in [0.1, 0.15) is 59.3 Å². The Hall–Kier alpha value is -3.88. The van der Waals surface area contributed by atoms with Gasteiger partial charge in [-0.25, -0.2) is 23.3 Å². The lowest BCUT2D eigenvalue weighted by molar-refractivity contribution is 0.0400. The average molecular weight is 488 g/mol. The second kappa shape index (κ2) is 7.81. The van der Waals surface area contributed by atoms with Crippen molar-refractivity contribution in [1.29, 1.82) is 0 Å². The largest absolute Gasteiger partial charge is 0.352 e. The van der Waals surface area contributed by atoms with Crippen LogP contribution in [0.3, 0.4) is 0 Å². The lowest BCUT2D eigenvalue weighted by Gasteiger charge is -2.34. The Balaban J connectivity index is 1.36. The highest BCUT2D eigenvalue weighted by atomic mass is 19.1. The average Bonchev–Trinajstić information content (AvgIpc) is 3.79. The van der Waals surface area contributed by atoms with Crippen molar-refractivity contribution in [2.45, 2.75) is 43.7 Å². The number of aromatic nitrogens is 4. The molecule has 0 radical (unpaired) electrons. The molecule has 1 N–H and O–H groups in total. The van der Waals surface area contributed by atoms with Crippen molar-refractivity contribution in [3.8, 4) is 16.9 Å². The van der Waals surface area contributed by atoms with Gasteiger partial charge in [-0.1, -0.05) is 6.07 Å². The number of hydrogen-bond donors (Lipinski definition) is 1. The summed E-state index contributed by atoms with van der Waals surface area (Å²) in [5.41, 5.74) is 4.01. The monoisotopic (exact) mass is 487 g/mol. The van der Waals surface area contributed by atoms with Crippen LogP contribution in [0.25, 0.3) is 28.0 Å². The first-order valence-corrected chi connectivity index (χ1v) is 12.3. The number of carbonyl (C=O) groups is 1. The number of carbonyl (C=O) groups excluding carboxylic acids is 1. The topological polar surface area (TPSA) is 83.9 Å². The van der Waals surface area contributed by atoms with E-state index in [0.29, 0.717) is 33.9 Å². The predicted molar refractivity (Wildman–Crippen MR) is 130 cm³/mol. The maximum absolute atomic E-state index is 14.2. The molecule has 2 saturated carbocycles. The Labute approximate surface area is 204 Å². The number of rotatable bonds is 5. The van der Waals surface area contributed by atoms with Crippen LogP contribution in [0.5, 0.6) is 0 Å². The molecule has 1 aromatic carbocycles. The highest BCUT2D eigenvalue weighted by Crippen LogP contribution is 2.42. The van der Waals surface area contributed by atoms with Gasteiger partial charge in [-0.05, 0) is 73.1 Å². The van der Waals surface area contributed by atoms with Crippen LogP contribution in [-0.4, -0.2) is 49.6 Å². The molecule has 2 aliphatic carbocycles. The maximum Gasteiger partial charge on any atom is 0.283 e. The number of benzene rings is 1. The Bertz CT molecular complexity index is 1600. The Morgan fingerprint density at radius 1 is 1.03 bits per heavy atom. The van der Waals surface area contributed by atoms with E-state index in [4.69, 9.17) is 4.98 Å². The van der Waals surface area contributed by atoms with Gasteiger partial charge in [-0.3, -0.25) is 9.59 Å². The van der Waals surface area contributed by atoms with Gasteiger partial charge in [0.1, 0.15) is 29.7 Å². The van der Waals surface area contributed by atoms with Crippen LogP contribution >= 0.6 is 0 Å². The van der Waals surface area contributed by atoms with Crippen molar-refractivity contribution in [3.63, 3.8) is 0 Å². The Morgan fingerprint density at radius 2 is 1.81 bits per heavy atom. The third-order valence-corrected chi connectivity index (χ3v) is 7.30. The number of nitrogens with zero attached hydrogens (tertiary/aromatic N) is 4. The van der Waals surface area contributed by atoms with E-state index in [9.17, 15) is 18.4 Å². The fraction of sp³-hybridized carbons (Fsp3) is 0.333. The summed E-state index contributed by atoms with van der Waals surface area (Å²) in [5, 5.41) is 0. The number of fused-ring (bicyclic) bond motifs is 1. The molecule has 4 heterocycles. The first-order valence-electron chi connectivity index (χ1n) is 12.3. The molecule has 0 spiro atoms. The zero-order chi connectivity index (χ0) is 24.6. The number of alkyl halides is 1. The number of likely N-dealkylation sites (tertiary alicyclic amines) is 1. The fourth-order valence-corrected chi connectivity index (χ4v) is 4.91. The molecular weight excluding hydrogens is 464 g/mol. The van der Waals surface area contributed by atoms with E-state index in [2.05, 4.69) is 9.97 Å². The third-order valence-electron chi connectivity index (χ3n) is 7.30. The second-order valence-corrected chi connectivity index (χ2v) is 10.1. The molecule has 4 aromatic rings. The minimum atomic E-state index is -1.05. The molecule has 3 aliphatic rings. The van der Waals surface area contributed by atoms with Gasteiger partial charge < -0.3 is 9.88 Å². The van der Waals surface area contributed by atoms with Crippen molar-refractivity contribution in [2.24, 2.45) is 0 Å². The van der Waals surface area contributed by atoms with Gasteiger partial charge in [-0.2, -0.15) is 0 Å². The van der Waals surface area contributed by atoms with E-state index in [1.807, 2.05) is 12.1 Å². The summed E-state index contributed by atoms with van der Waals surface area (Å²) in [6, 6.07) is 9.61. The highest BCUT2D eigenvalue weighted by molar-refractivity contribution is 6.01. The molecule has 3 aromatic heterocycles. The molecule has 1 saturated heterocycles. The summed E-state index contributed by atoms with van der Waals surface area (Å²) in [5.74, 6) is 0.171. The first-order chi connectivity index (χ1) is 17.4. The van der Waals surface area contributed by atoms with Crippen LogP contribution in [0.15, 0.2) is 47.5 Å². The summed E-state index contributed by atoms with van der Waals surface area (Å²) in [6.45, 7) is 0.00749. The molecule has 182 valence electrons. The lowest BCUT2D eigenvalue weighted by atomic mass is 9.97. The summed E-state index contributed by atoms with van der Waals surface area (Å²) in [6.07, 6.45) is 4.63. The van der Waals surface area contributed by atoms with Gasteiger partial charge in [0, 0.05) is 17.3 Å². The number of hydrogen-bond acceptors (Lipinski definition) is 4. The maximum atomic E-state index is 14.2. The zero-order valence-electron chi connectivity index (χ0n) is 19.4. The molecule has 0 unspecified atom stereocenters. The van der Waals surface area contributed by atoms with Crippen molar-refractivity contribution < 1.29 is 13.6 Å². The molecule has 36 heavy (non-hydrogen) atoms. The molecule has 0 atom stereocenters. The van der Waals surface area contributed by atoms with Crippen LogP contribution in [0.2, 0.25) is 0 Å². The van der Waals surface area contributed by atoms with Crippen molar-refractivity contribution in [3.05, 3.63) is 75.8 Å². The van der Waals surface area contributed by atoms with E-state index in [1.165, 1.54) is 27.9 Å². The minimum absolute atomic E-state index is 0.00375. The standard InChI is InChI=1S/C27H23F2N5O2/c28-17-5-6-19(20(9-17)26(35)33-11-18(29)12-33)16-7-21(14-1-2-14)31-24(8-16)34-13-30-23-10-22(15-3-4-15)32-25(23)27(34)36/h5-10,13-15,18,32H,1-4,11-12H2. The summed E-state index contributed by atoms with van der Waals surface area (Å²) < 4.78 is 29.0. The van der Waals surface area contributed by atoms with Crippen molar-refractivity contribution in [1.82, 2.24) is 24.4 Å². The summed E-state index contributed by atoms with van der Waals surface area (Å²) >= 11 is 0. The third kappa shape index (κ3) is 3.61. The molecule has 3 fully saturated rings. The van der Waals surface area contributed by atoms with Crippen LogP contribution in [0, 0.1) is 5.82 Å². The summed E-state index contributed by atoms with van der Waals surface area (Å²) in [7, 11) is 0. The number of aromatic amines is 1. The minimum Gasteiger partial charge on any atom is -0.352 e. The van der Waals surface area contributed by atoms with Crippen LogP contribution in [0.4, 0.5) is 8.78 Å². The lowest BCUT2D eigenvalue weighted by Crippen LogP contribution is -2.51. The van der Waals surface area contributed by atoms with E-state index < -0.39 is 17.9 Å². The van der Waals surface area contributed by atoms with Crippen molar-refractivity contribution in [2.75, 3.05) is 13.1 Å².